The van der Waals surface area contributed by atoms with E-state index in [-0.39, 0.29) is 68.5 Å². The lowest BCUT2D eigenvalue weighted by Crippen LogP contribution is -2.38. The number of benzene rings is 1. The predicted octanol–water partition coefficient (Wildman–Crippen LogP) is 8.07. The molecule has 3 aliphatic carbocycles. The third-order valence-electron chi connectivity index (χ3n) is 11.2. The average molecular weight is 719 g/mol. The SMILES string of the molecule is O=C(O)CC1CC2CC(CNC(=O)c3cnc(-c4cn(C5CCC(F)(F)CC5)c5cc(OC6CCOCC6)ccc45)nc3C(F)(F)F)CC(C1)C2. The molecule has 1 aliphatic heterocycles. The molecule has 2 N–H and O–H groups in total. The van der Waals surface area contributed by atoms with E-state index in [1.165, 1.54) is 0 Å². The number of carbonyl (C=O) groups excluding carboxylic acids is 1. The van der Waals surface area contributed by atoms with Gasteiger partial charge in [-0.25, -0.2) is 18.7 Å². The number of nitrogens with one attached hydrogen (secondary N) is 1. The van der Waals surface area contributed by atoms with Gasteiger partial charge in [-0.2, -0.15) is 13.2 Å². The van der Waals surface area contributed by atoms with Crippen LogP contribution in [0.15, 0.2) is 30.6 Å². The number of carboxylic acid groups (broad SMARTS) is 1. The topological polar surface area (TPSA) is 116 Å². The highest BCUT2D eigenvalue weighted by Crippen LogP contribution is 2.46. The first kappa shape index (κ1) is 35.6. The van der Waals surface area contributed by atoms with E-state index in [4.69, 9.17) is 9.47 Å². The Morgan fingerprint density at radius 1 is 1.00 bits per heavy atom. The maximum Gasteiger partial charge on any atom is 0.434 e. The summed E-state index contributed by atoms with van der Waals surface area (Å²) in [7, 11) is 0. The Hall–Kier alpha value is -3.81. The fraction of sp³-hybridized carbons (Fsp3) is 0.622. The highest BCUT2D eigenvalue weighted by molar-refractivity contribution is 5.97. The summed E-state index contributed by atoms with van der Waals surface area (Å²) in [5, 5.41) is 12.4. The average Bonchev–Trinajstić information content (AvgIpc) is 3.45. The second-order valence-electron chi connectivity index (χ2n) is 15.0. The summed E-state index contributed by atoms with van der Waals surface area (Å²) in [5.74, 6) is -3.22. The van der Waals surface area contributed by atoms with Crippen molar-refractivity contribution in [2.24, 2.45) is 23.7 Å². The van der Waals surface area contributed by atoms with Crippen LogP contribution < -0.4 is 10.1 Å². The van der Waals surface area contributed by atoms with Gasteiger partial charge in [-0.1, -0.05) is 0 Å². The Kier molecular flexibility index (Phi) is 9.98. The Bertz CT molecular complexity index is 1730. The molecular weight excluding hydrogens is 675 g/mol. The Balaban J connectivity index is 1.13. The second kappa shape index (κ2) is 14.3. The molecule has 2 unspecified atom stereocenters. The van der Waals surface area contributed by atoms with Crippen LogP contribution in [0.4, 0.5) is 22.0 Å². The van der Waals surface area contributed by atoms with Gasteiger partial charge in [0.15, 0.2) is 11.5 Å². The summed E-state index contributed by atoms with van der Waals surface area (Å²) in [6.45, 7) is 1.37. The lowest BCUT2D eigenvalue weighted by atomic mass is 9.64. The van der Waals surface area contributed by atoms with E-state index in [9.17, 15) is 36.6 Å². The minimum absolute atomic E-state index is 0.0576. The van der Waals surface area contributed by atoms with Crippen LogP contribution in [-0.2, 0) is 15.7 Å². The first-order chi connectivity index (χ1) is 24.3. The number of carbonyl (C=O) groups is 2. The summed E-state index contributed by atoms with van der Waals surface area (Å²) in [4.78, 5) is 32.7. The summed E-state index contributed by atoms with van der Waals surface area (Å²) in [5.41, 5.74) is -1.10. The summed E-state index contributed by atoms with van der Waals surface area (Å²) in [6.07, 6.45) is 3.14. The molecule has 14 heteroatoms. The number of aliphatic carboxylic acids is 1. The van der Waals surface area contributed by atoms with Crippen molar-refractivity contribution in [3.05, 3.63) is 41.9 Å². The van der Waals surface area contributed by atoms with Gasteiger partial charge in [-0.15, -0.1) is 0 Å². The van der Waals surface area contributed by atoms with Crippen molar-refractivity contribution in [3.63, 3.8) is 0 Å². The molecule has 1 amide bonds. The van der Waals surface area contributed by atoms with E-state index < -0.39 is 35.2 Å². The second-order valence-corrected chi connectivity index (χ2v) is 15.0. The van der Waals surface area contributed by atoms with Gasteiger partial charge in [0.1, 0.15) is 11.9 Å². The summed E-state index contributed by atoms with van der Waals surface area (Å²) >= 11 is 0. The predicted molar refractivity (Wildman–Crippen MR) is 177 cm³/mol. The number of fused-ring (bicyclic) bond motifs is 3. The number of nitrogens with zero attached hydrogens (tertiary/aromatic N) is 3. The zero-order valence-corrected chi connectivity index (χ0v) is 28.3. The maximum atomic E-state index is 14.5. The van der Waals surface area contributed by atoms with Gasteiger partial charge in [0, 0.05) is 74.1 Å². The Morgan fingerprint density at radius 3 is 2.35 bits per heavy atom. The van der Waals surface area contributed by atoms with Gasteiger partial charge in [0.05, 0.1) is 24.3 Å². The molecule has 9 nitrogen and oxygen atoms in total. The van der Waals surface area contributed by atoms with Crippen molar-refractivity contribution in [1.29, 1.82) is 0 Å². The normalized spacial score (nSPS) is 25.8. The number of ether oxygens (including phenoxy) is 2. The molecule has 4 fully saturated rings. The standard InChI is InChI=1S/C37H43F5N4O5/c38-36(39)7-3-25(4-8-36)46-20-30(28-2-1-27(17-31(28)46)51-26-5-9-50-10-6-26)34-43-19-29(33(45-34)37(40,41)42)35(49)44-18-24-14-21-11-22(15-24)13-23(12-21)16-32(47)48/h1-2,17,19-26H,3-16,18H2,(H,44,49)(H,47,48). The van der Waals surface area contributed by atoms with Crippen LogP contribution in [0.3, 0.4) is 0 Å². The van der Waals surface area contributed by atoms with Gasteiger partial charge in [-0.3, -0.25) is 9.59 Å². The van der Waals surface area contributed by atoms with Crippen LogP contribution in [-0.4, -0.2) is 63.3 Å². The van der Waals surface area contributed by atoms with Crippen molar-refractivity contribution >= 4 is 22.8 Å². The van der Waals surface area contributed by atoms with E-state index >= 15 is 0 Å². The zero-order chi connectivity index (χ0) is 35.9. The molecule has 2 atom stereocenters. The molecule has 7 rings (SSSR count). The minimum Gasteiger partial charge on any atom is -0.490 e. The highest BCUT2D eigenvalue weighted by atomic mass is 19.4. The van der Waals surface area contributed by atoms with Crippen LogP contribution in [0.1, 0.15) is 99.1 Å². The molecule has 51 heavy (non-hydrogen) atoms. The molecule has 0 spiro atoms. The lowest BCUT2D eigenvalue weighted by Gasteiger charge is -2.42. The van der Waals surface area contributed by atoms with Crippen LogP contribution in [0.25, 0.3) is 22.3 Å². The number of hydrogen-bond acceptors (Lipinski definition) is 6. The highest BCUT2D eigenvalue weighted by Gasteiger charge is 2.40. The van der Waals surface area contributed by atoms with E-state index in [0.717, 1.165) is 38.3 Å². The number of aromatic nitrogens is 3. The molecule has 1 saturated heterocycles. The number of carboxylic acids is 1. The van der Waals surface area contributed by atoms with Gasteiger partial charge >= 0.3 is 12.1 Å². The molecule has 3 saturated carbocycles. The van der Waals surface area contributed by atoms with Crippen molar-refractivity contribution < 1.29 is 46.1 Å². The van der Waals surface area contributed by atoms with Gasteiger partial charge in [0.2, 0.25) is 5.92 Å². The summed E-state index contributed by atoms with van der Waals surface area (Å²) in [6, 6.07) is 4.94. The van der Waals surface area contributed by atoms with Crippen LogP contribution in [0.2, 0.25) is 0 Å². The maximum absolute atomic E-state index is 14.5. The van der Waals surface area contributed by atoms with Crippen molar-refractivity contribution in [2.75, 3.05) is 19.8 Å². The molecule has 4 aliphatic rings. The number of alkyl halides is 5. The van der Waals surface area contributed by atoms with Crippen LogP contribution in [0.5, 0.6) is 5.75 Å². The first-order valence-corrected chi connectivity index (χ1v) is 18.0. The van der Waals surface area contributed by atoms with E-state index in [1.807, 2.05) is 4.57 Å². The van der Waals surface area contributed by atoms with Crippen molar-refractivity contribution in [2.45, 2.75) is 101 Å². The van der Waals surface area contributed by atoms with Crippen LogP contribution in [0, 0.1) is 23.7 Å². The van der Waals surface area contributed by atoms with Gasteiger partial charge in [0.25, 0.3) is 5.91 Å². The fourth-order valence-corrected chi connectivity index (χ4v) is 9.01. The molecule has 276 valence electrons. The van der Waals surface area contributed by atoms with E-state index in [1.54, 1.807) is 24.4 Å². The zero-order valence-electron chi connectivity index (χ0n) is 28.3. The van der Waals surface area contributed by atoms with Gasteiger partial charge < -0.3 is 24.5 Å². The smallest absolute Gasteiger partial charge is 0.434 e. The molecule has 2 bridgehead atoms. The molecule has 0 radical (unpaired) electrons. The molecular formula is C37H43F5N4O5. The van der Waals surface area contributed by atoms with Crippen molar-refractivity contribution in [3.8, 4) is 17.1 Å². The van der Waals surface area contributed by atoms with Crippen molar-refractivity contribution in [1.82, 2.24) is 19.9 Å². The van der Waals surface area contributed by atoms with E-state index in [2.05, 4.69) is 15.3 Å². The van der Waals surface area contributed by atoms with E-state index in [0.29, 0.717) is 60.1 Å². The third kappa shape index (κ3) is 8.15. The molecule has 3 heterocycles. The van der Waals surface area contributed by atoms with Gasteiger partial charge in [-0.05, 0) is 80.8 Å². The number of amides is 1. The Morgan fingerprint density at radius 2 is 1.69 bits per heavy atom. The number of rotatable bonds is 9. The fourth-order valence-electron chi connectivity index (χ4n) is 9.01. The largest absolute Gasteiger partial charge is 0.490 e. The first-order valence-electron chi connectivity index (χ1n) is 18.0. The summed E-state index contributed by atoms with van der Waals surface area (Å²) < 4.78 is 85.3. The molecule has 1 aromatic carbocycles. The monoisotopic (exact) mass is 718 g/mol. The number of halogens is 5. The Labute approximate surface area is 292 Å². The number of hydrogen-bond donors (Lipinski definition) is 2. The lowest BCUT2D eigenvalue weighted by molar-refractivity contribution is -0.141. The molecule has 2 aromatic heterocycles. The quantitative estimate of drug-likeness (QED) is 0.215. The van der Waals surface area contributed by atoms with Crippen LogP contribution >= 0.6 is 0 Å². The molecule has 3 aromatic rings. The third-order valence-corrected chi connectivity index (χ3v) is 11.2. The minimum atomic E-state index is -4.95.